The molecule has 0 aromatic heterocycles. The molecule has 0 saturated carbocycles. The highest BCUT2D eigenvalue weighted by Gasteiger charge is 2.38. The summed E-state index contributed by atoms with van der Waals surface area (Å²) in [7, 11) is -3.75. The molecule has 2 N–H and O–H groups in total. The molecule has 0 aliphatic carbocycles. The van der Waals surface area contributed by atoms with Gasteiger partial charge in [0, 0.05) is 6.42 Å². The van der Waals surface area contributed by atoms with Crippen LogP contribution in [0.25, 0.3) is 0 Å². The Hall–Kier alpha value is -3.16. The number of primary sulfonamides is 1. The molecule has 3 aromatic rings. The molecule has 2 atom stereocenters. The molecule has 0 spiro atoms. The minimum atomic E-state index is -3.75. The maximum atomic E-state index is 11.7. The van der Waals surface area contributed by atoms with E-state index in [9.17, 15) is 8.42 Å². The fraction of sp³-hybridized carbons (Fsp3) is 0.269. The van der Waals surface area contributed by atoms with E-state index in [0.29, 0.717) is 0 Å². The van der Waals surface area contributed by atoms with Gasteiger partial charge in [0.2, 0.25) is 10.0 Å². The largest absolute Gasteiger partial charge is 0.488 e. The number of hydrazone groups is 1. The number of rotatable bonds is 4. The third-order valence-electron chi connectivity index (χ3n) is 6.31. The Balaban J connectivity index is 1.51. The summed E-state index contributed by atoms with van der Waals surface area (Å²) in [5.41, 5.74) is 6.55. The lowest BCUT2D eigenvalue weighted by Crippen LogP contribution is -2.43. The van der Waals surface area contributed by atoms with Crippen LogP contribution in [0.4, 0.5) is 5.69 Å². The smallest absolute Gasteiger partial charge is 0.238 e. The van der Waals surface area contributed by atoms with Crippen LogP contribution in [0.15, 0.2) is 76.7 Å². The Morgan fingerprint density at radius 3 is 2.39 bits per heavy atom. The predicted molar refractivity (Wildman–Crippen MR) is 130 cm³/mol. The highest BCUT2D eigenvalue weighted by molar-refractivity contribution is 7.89. The van der Waals surface area contributed by atoms with Gasteiger partial charge >= 0.3 is 0 Å². The van der Waals surface area contributed by atoms with Gasteiger partial charge in [-0.3, -0.25) is 5.01 Å². The molecule has 5 rings (SSSR count). The number of nitrogens with two attached hydrogens (primary N) is 1. The van der Waals surface area contributed by atoms with Crippen molar-refractivity contribution in [2.24, 2.45) is 10.2 Å². The molecule has 7 heteroatoms. The van der Waals surface area contributed by atoms with Gasteiger partial charge in [0.15, 0.2) is 0 Å². The second-order valence-electron chi connectivity index (χ2n) is 8.88. The second-order valence-corrected chi connectivity index (χ2v) is 10.4. The van der Waals surface area contributed by atoms with Crippen molar-refractivity contribution in [3.05, 3.63) is 89.0 Å². The molecule has 2 aliphatic heterocycles. The van der Waals surface area contributed by atoms with Gasteiger partial charge in [-0.2, -0.15) is 5.10 Å². The SMILES string of the molecule is Cc1cc(C)cc(C2=NN(c3ccc(S(N)(=O)=O)cc3)C(C3CCc4ccccc4O3)C2)c1. The summed E-state index contributed by atoms with van der Waals surface area (Å²) in [5.74, 6) is 0.929. The first kappa shape index (κ1) is 21.7. The normalized spacial score (nSPS) is 20.2. The van der Waals surface area contributed by atoms with E-state index < -0.39 is 10.0 Å². The van der Waals surface area contributed by atoms with Crippen LogP contribution >= 0.6 is 0 Å². The molecule has 2 unspecified atom stereocenters. The third-order valence-corrected chi connectivity index (χ3v) is 7.24. The number of benzene rings is 3. The summed E-state index contributed by atoms with van der Waals surface area (Å²) < 4.78 is 29.9. The van der Waals surface area contributed by atoms with Crippen molar-refractivity contribution >= 4 is 21.4 Å². The van der Waals surface area contributed by atoms with Crippen molar-refractivity contribution in [3.63, 3.8) is 0 Å². The molecule has 0 radical (unpaired) electrons. The monoisotopic (exact) mass is 461 g/mol. The first-order valence-corrected chi connectivity index (χ1v) is 12.7. The molecule has 3 aromatic carbocycles. The number of ether oxygens (including phenoxy) is 1. The Morgan fingerprint density at radius 1 is 1.00 bits per heavy atom. The summed E-state index contributed by atoms with van der Waals surface area (Å²) in [6.45, 7) is 4.18. The summed E-state index contributed by atoms with van der Waals surface area (Å²) in [6, 6.07) is 21.2. The number of aryl methyl sites for hydroxylation is 3. The van der Waals surface area contributed by atoms with Crippen LogP contribution < -0.4 is 14.9 Å². The number of sulfonamides is 1. The fourth-order valence-corrected chi connectivity index (χ4v) is 5.30. The fourth-order valence-electron chi connectivity index (χ4n) is 4.79. The van der Waals surface area contributed by atoms with Gasteiger partial charge in [-0.05, 0) is 68.1 Å². The molecule has 0 amide bonds. The van der Waals surface area contributed by atoms with Crippen LogP contribution in [0.3, 0.4) is 0 Å². The molecule has 0 bridgehead atoms. The summed E-state index contributed by atoms with van der Waals surface area (Å²) in [4.78, 5) is 0.0864. The van der Waals surface area contributed by atoms with Crippen molar-refractivity contribution in [2.45, 2.75) is 50.2 Å². The number of para-hydroxylation sites is 1. The maximum Gasteiger partial charge on any atom is 0.238 e. The zero-order chi connectivity index (χ0) is 23.2. The Morgan fingerprint density at radius 2 is 1.70 bits per heavy atom. The van der Waals surface area contributed by atoms with Gasteiger partial charge < -0.3 is 4.74 Å². The molecular weight excluding hydrogens is 434 g/mol. The van der Waals surface area contributed by atoms with Gasteiger partial charge in [0.25, 0.3) is 0 Å². The molecule has 2 heterocycles. The van der Waals surface area contributed by atoms with E-state index in [4.69, 9.17) is 15.0 Å². The van der Waals surface area contributed by atoms with Crippen LogP contribution in [0, 0.1) is 13.8 Å². The van der Waals surface area contributed by atoms with Gasteiger partial charge in [-0.1, -0.05) is 47.5 Å². The number of hydrogen-bond acceptors (Lipinski definition) is 5. The second kappa shape index (κ2) is 8.32. The van der Waals surface area contributed by atoms with E-state index in [1.165, 1.54) is 28.8 Å². The topological polar surface area (TPSA) is 85.0 Å². The minimum absolute atomic E-state index is 0.00509. The first-order valence-electron chi connectivity index (χ1n) is 11.1. The number of anilines is 1. The molecule has 6 nitrogen and oxygen atoms in total. The predicted octanol–water partition coefficient (Wildman–Crippen LogP) is 4.33. The summed E-state index contributed by atoms with van der Waals surface area (Å²) in [5, 5.41) is 12.3. The van der Waals surface area contributed by atoms with Crippen molar-refractivity contribution in [1.29, 1.82) is 0 Å². The molecular formula is C26H27N3O3S. The van der Waals surface area contributed by atoms with Gasteiger partial charge in [-0.25, -0.2) is 13.6 Å². The number of nitrogens with zero attached hydrogens (tertiary/aromatic N) is 2. The molecule has 170 valence electrons. The van der Waals surface area contributed by atoms with Gasteiger partial charge in [0.05, 0.1) is 22.3 Å². The summed E-state index contributed by atoms with van der Waals surface area (Å²) >= 11 is 0. The lowest BCUT2D eigenvalue weighted by Gasteiger charge is -2.34. The zero-order valence-corrected chi connectivity index (χ0v) is 19.5. The lowest BCUT2D eigenvalue weighted by molar-refractivity contribution is 0.146. The number of hydrogen-bond donors (Lipinski definition) is 1. The first-order chi connectivity index (χ1) is 15.8. The maximum absolute atomic E-state index is 11.7. The quantitative estimate of drug-likeness (QED) is 0.627. The third kappa shape index (κ3) is 4.38. The van der Waals surface area contributed by atoms with Gasteiger partial charge in [0.1, 0.15) is 11.9 Å². The Labute approximate surface area is 194 Å². The van der Waals surface area contributed by atoms with E-state index >= 15 is 0 Å². The highest BCUT2D eigenvalue weighted by atomic mass is 32.2. The Kier molecular flexibility index (Phi) is 5.46. The average Bonchev–Trinajstić information content (AvgIpc) is 3.23. The lowest BCUT2D eigenvalue weighted by atomic mass is 9.93. The van der Waals surface area contributed by atoms with E-state index in [0.717, 1.165) is 42.0 Å². The Bertz CT molecular complexity index is 1310. The molecule has 0 saturated heterocycles. The van der Waals surface area contributed by atoms with Gasteiger partial charge in [-0.15, -0.1) is 0 Å². The van der Waals surface area contributed by atoms with Crippen LogP contribution in [-0.4, -0.2) is 26.3 Å². The average molecular weight is 462 g/mol. The van der Waals surface area contributed by atoms with Crippen molar-refractivity contribution in [2.75, 3.05) is 5.01 Å². The van der Waals surface area contributed by atoms with Crippen LogP contribution in [-0.2, 0) is 16.4 Å². The minimum Gasteiger partial charge on any atom is -0.488 e. The zero-order valence-electron chi connectivity index (χ0n) is 18.7. The molecule has 2 aliphatic rings. The molecule has 33 heavy (non-hydrogen) atoms. The van der Waals surface area contributed by atoms with Crippen LogP contribution in [0.2, 0.25) is 0 Å². The van der Waals surface area contributed by atoms with E-state index in [-0.39, 0.29) is 17.0 Å². The van der Waals surface area contributed by atoms with E-state index in [1.54, 1.807) is 12.1 Å². The van der Waals surface area contributed by atoms with Crippen molar-refractivity contribution < 1.29 is 13.2 Å². The highest BCUT2D eigenvalue weighted by Crippen LogP contribution is 2.36. The van der Waals surface area contributed by atoms with E-state index in [2.05, 4.69) is 38.1 Å². The number of fused-ring (bicyclic) bond motifs is 1. The van der Waals surface area contributed by atoms with Crippen LogP contribution in [0.1, 0.15) is 35.1 Å². The standard InChI is InChI=1S/C26H27N3O3S/c1-17-13-18(2)15-20(14-17)23-16-24(26-12-7-19-5-3-4-6-25(19)32-26)29(28-23)21-8-10-22(11-9-21)33(27,30)31/h3-6,8-11,13-15,24,26H,7,12,16H2,1-2H3,(H2,27,30,31). The van der Waals surface area contributed by atoms with Crippen molar-refractivity contribution in [1.82, 2.24) is 0 Å². The van der Waals surface area contributed by atoms with Crippen molar-refractivity contribution in [3.8, 4) is 5.75 Å². The van der Waals surface area contributed by atoms with Crippen LogP contribution in [0.5, 0.6) is 5.75 Å². The summed E-state index contributed by atoms with van der Waals surface area (Å²) in [6.07, 6.45) is 2.55. The van der Waals surface area contributed by atoms with E-state index in [1.807, 2.05) is 23.2 Å². The molecule has 0 fully saturated rings.